The average molecular weight is 289 g/mol. The summed E-state index contributed by atoms with van der Waals surface area (Å²) in [6.45, 7) is 0.689. The topological polar surface area (TPSA) is 55.1 Å². The van der Waals surface area contributed by atoms with Crippen LogP contribution in [0.5, 0.6) is 0 Å². The van der Waals surface area contributed by atoms with Crippen LogP contribution in [-0.2, 0) is 11.2 Å². The van der Waals surface area contributed by atoms with Gasteiger partial charge in [0.15, 0.2) is 0 Å². The van der Waals surface area contributed by atoms with Gasteiger partial charge in [-0.25, -0.2) is 0 Å². The minimum atomic E-state index is -0.604. The van der Waals surface area contributed by atoms with Crippen molar-refractivity contribution in [2.24, 2.45) is 5.73 Å². The Kier molecular flexibility index (Phi) is 6.12. The summed E-state index contributed by atoms with van der Waals surface area (Å²) < 4.78 is 0. The van der Waals surface area contributed by atoms with Crippen molar-refractivity contribution in [3.63, 3.8) is 0 Å². The van der Waals surface area contributed by atoms with Crippen LogP contribution in [-0.4, -0.2) is 18.0 Å². The van der Waals surface area contributed by atoms with Gasteiger partial charge in [-0.15, -0.1) is 12.4 Å². The summed E-state index contributed by atoms with van der Waals surface area (Å²) in [5.41, 5.74) is 6.83. The van der Waals surface area contributed by atoms with Gasteiger partial charge in [-0.1, -0.05) is 19.3 Å². The molecular formula is C13H21ClN2OS. The first-order valence-electron chi connectivity index (χ1n) is 6.29. The van der Waals surface area contributed by atoms with Crippen molar-refractivity contribution in [2.75, 3.05) is 6.54 Å². The van der Waals surface area contributed by atoms with Crippen LogP contribution < -0.4 is 11.1 Å². The molecule has 3 N–H and O–H groups in total. The molecule has 0 saturated heterocycles. The highest BCUT2D eigenvalue weighted by Gasteiger charge is 2.34. The van der Waals surface area contributed by atoms with E-state index < -0.39 is 5.54 Å². The van der Waals surface area contributed by atoms with Crippen molar-refractivity contribution >= 4 is 29.7 Å². The van der Waals surface area contributed by atoms with E-state index in [1.54, 1.807) is 11.3 Å². The van der Waals surface area contributed by atoms with Crippen LogP contribution in [0.1, 0.15) is 37.7 Å². The maximum absolute atomic E-state index is 12.0. The Bertz CT molecular complexity index is 361. The van der Waals surface area contributed by atoms with Crippen molar-refractivity contribution in [2.45, 2.75) is 44.1 Å². The third kappa shape index (κ3) is 3.97. The monoisotopic (exact) mass is 288 g/mol. The van der Waals surface area contributed by atoms with Crippen LogP contribution in [0, 0.1) is 0 Å². The third-order valence-electron chi connectivity index (χ3n) is 3.48. The number of hydrogen-bond acceptors (Lipinski definition) is 3. The van der Waals surface area contributed by atoms with E-state index in [-0.39, 0.29) is 18.3 Å². The fourth-order valence-corrected chi connectivity index (χ4v) is 3.04. The number of carbonyl (C=O) groups excluding carboxylic acids is 1. The number of nitrogens with one attached hydrogen (secondary N) is 1. The SMILES string of the molecule is Cl.NC1(C(=O)NCCc2ccsc2)CCCCC1. The van der Waals surface area contributed by atoms with Crippen LogP contribution in [0.15, 0.2) is 16.8 Å². The van der Waals surface area contributed by atoms with Gasteiger partial charge >= 0.3 is 0 Å². The van der Waals surface area contributed by atoms with Crippen molar-refractivity contribution in [3.05, 3.63) is 22.4 Å². The molecule has 5 heteroatoms. The van der Waals surface area contributed by atoms with Gasteiger partial charge in [0.2, 0.25) is 5.91 Å². The standard InChI is InChI=1S/C13H20N2OS.ClH/c14-13(6-2-1-3-7-13)12(16)15-8-4-11-5-9-17-10-11;/h5,9-10H,1-4,6-8,14H2,(H,15,16);1H. The van der Waals surface area contributed by atoms with E-state index in [1.807, 2.05) is 0 Å². The smallest absolute Gasteiger partial charge is 0.240 e. The van der Waals surface area contributed by atoms with E-state index >= 15 is 0 Å². The molecule has 0 aromatic carbocycles. The van der Waals surface area contributed by atoms with Crippen molar-refractivity contribution in [3.8, 4) is 0 Å². The Morgan fingerprint density at radius 2 is 2.11 bits per heavy atom. The molecule has 102 valence electrons. The number of halogens is 1. The molecule has 18 heavy (non-hydrogen) atoms. The lowest BCUT2D eigenvalue weighted by Gasteiger charge is -2.31. The Morgan fingerprint density at radius 1 is 1.39 bits per heavy atom. The summed E-state index contributed by atoms with van der Waals surface area (Å²) in [5, 5.41) is 7.15. The summed E-state index contributed by atoms with van der Waals surface area (Å²) in [6.07, 6.45) is 5.92. The number of carbonyl (C=O) groups is 1. The molecule has 1 amide bonds. The number of amides is 1. The predicted molar refractivity (Wildman–Crippen MR) is 78.3 cm³/mol. The third-order valence-corrected chi connectivity index (χ3v) is 4.21. The summed E-state index contributed by atoms with van der Waals surface area (Å²) in [5.74, 6) is 0.0347. The van der Waals surface area contributed by atoms with Crippen LogP contribution in [0.3, 0.4) is 0 Å². The molecule has 1 fully saturated rings. The van der Waals surface area contributed by atoms with Gasteiger partial charge in [0, 0.05) is 6.54 Å². The zero-order chi connectivity index (χ0) is 12.1. The molecule has 1 aromatic heterocycles. The summed E-state index contributed by atoms with van der Waals surface area (Å²) in [6, 6.07) is 2.09. The number of hydrogen-bond donors (Lipinski definition) is 2. The van der Waals surface area contributed by atoms with Crippen molar-refractivity contribution in [1.29, 1.82) is 0 Å². The minimum Gasteiger partial charge on any atom is -0.354 e. The molecule has 1 saturated carbocycles. The molecule has 2 rings (SSSR count). The molecule has 3 nitrogen and oxygen atoms in total. The van der Waals surface area contributed by atoms with Crippen LogP contribution in [0.25, 0.3) is 0 Å². The second kappa shape index (κ2) is 7.12. The number of rotatable bonds is 4. The Hall–Kier alpha value is -0.580. The highest BCUT2D eigenvalue weighted by atomic mass is 35.5. The quantitative estimate of drug-likeness (QED) is 0.894. The molecule has 0 spiro atoms. The highest BCUT2D eigenvalue weighted by Crippen LogP contribution is 2.25. The van der Waals surface area contributed by atoms with Crippen LogP contribution in [0.4, 0.5) is 0 Å². The van der Waals surface area contributed by atoms with E-state index in [2.05, 4.69) is 22.1 Å². The van der Waals surface area contributed by atoms with Crippen LogP contribution >= 0.6 is 23.7 Å². The van der Waals surface area contributed by atoms with Crippen molar-refractivity contribution < 1.29 is 4.79 Å². The fraction of sp³-hybridized carbons (Fsp3) is 0.615. The molecule has 0 bridgehead atoms. The Morgan fingerprint density at radius 3 is 2.72 bits per heavy atom. The molecule has 0 unspecified atom stereocenters. The van der Waals surface area contributed by atoms with Gasteiger partial charge in [-0.3, -0.25) is 4.79 Å². The summed E-state index contributed by atoms with van der Waals surface area (Å²) >= 11 is 1.69. The summed E-state index contributed by atoms with van der Waals surface area (Å²) in [7, 11) is 0. The van der Waals surface area contributed by atoms with E-state index in [0.717, 1.165) is 32.1 Å². The van der Waals surface area contributed by atoms with Gasteiger partial charge in [0.05, 0.1) is 5.54 Å². The zero-order valence-electron chi connectivity index (χ0n) is 10.5. The zero-order valence-corrected chi connectivity index (χ0v) is 12.1. The lowest BCUT2D eigenvalue weighted by atomic mass is 9.82. The first-order valence-corrected chi connectivity index (χ1v) is 7.23. The number of thiophene rings is 1. The van der Waals surface area contributed by atoms with Gasteiger partial charge in [0.25, 0.3) is 0 Å². The lowest BCUT2D eigenvalue weighted by Crippen LogP contribution is -2.55. The molecule has 0 atom stereocenters. The molecule has 1 aliphatic carbocycles. The first kappa shape index (κ1) is 15.5. The van der Waals surface area contributed by atoms with Crippen LogP contribution in [0.2, 0.25) is 0 Å². The minimum absolute atomic E-state index is 0. The molecule has 1 aromatic rings. The van der Waals surface area contributed by atoms with E-state index in [9.17, 15) is 4.79 Å². The average Bonchev–Trinajstić information content (AvgIpc) is 2.83. The molecular weight excluding hydrogens is 268 g/mol. The van der Waals surface area contributed by atoms with Gasteiger partial charge in [-0.05, 0) is 41.7 Å². The van der Waals surface area contributed by atoms with Gasteiger partial charge in [0.1, 0.15) is 0 Å². The van der Waals surface area contributed by atoms with Crippen molar-refractivity contribution in [1.82, 2.24) is 5.32 Å². The molecule has 1 aliphatic rings. The lowest BCUT2D eigenvalue weighted by molar-refractivity contribution is -0.127. The van der Waals surface area contributed by atoms with E-state index in [4.69, 9.17) is 5.73 Å². The Balaban J connectivity index is 0.00000162. The molecule has 0 aliphatic heterocycles. The maximum Gasteiger partial charge on any atom is 0.240 e. The first-order chi connectivity index (χ1) is 8.21. The van der Waals surface area contributed by atoms with E-state index in [0.29, 0.717) is 6.54 Å². The summed E-state index contributed by atoms with van der Waals surface area (Å²) in [4.78, 5) is 12.0. The van der Waals surface area contributed by atoms with E-state index in [1.165, 1.54) is 12.0 Å². The number of nitrogens with two attached hydrogens (primary N) is 1. The van der Waals surface area contributed by atoms with Gasteiger partial charge in [-0.2, -0.15) is 11.3 Å². The Labute approximate surface area is 119 Å². The maximum atomic E-state index is 12.0. The van der Waals surface area contributed by atoms with Gasteiger partial charge < -0.3 is 11.1 Å². The molecule has 1 heterocycles. The second-order valence-corrected chi connectivity index (χ2v) is 5.63. The molecule has 0 radical (unpaired) electrons. The highest BCUT2D eigenvalue weighted by molar-refractivity contribution is 7.07. The second-order valence-electron chi connectivity index (χ2n) is 4.85. The normalized spacial score (nSPS) is 17.8. The largest absolute Gasteiger partial charge is 0.354 e. The predicted octanol–water partition coefficient (Wildman–Crippen LogP) is 2.49. The fourth-order valence-electron chi connectivity index (χ4n) is 2.34.